The van der Waals surface area contributed by atoms with Gasteiger partial charge in [0.1, 0.15) is 17.8 Å². The molecule has 5 N–H and O–H groups in total. The topological polar surface area (TPSA) is 140 Å². The van der Waals surface area contributed by atoms with Crippen molar-refractivity contribution in [2.24, 2.45) is 0 Å². The molecule has 0 bridgehead atoms. The Morgan fingerprint density at radius 1 is 1.03 bits per heavy atom. The molecule has 10 nitrogen and oxygen atoms in total. The third-order valence-corrected chi connectivity index (χ3v) is 4.19. The summed E-state index contributed by atoms with van der Waals surface area (Å²) in [6.45, 7) is 2.05. The van der Waals surface area contributed by atoms with Crippen molar-refractivity contribution in [2.75, 3.05) is 30.2 Å². The number of nitrogens with one attached hydrogen (secondary N) is 3. The number of carbonyl (C=O) groups excluding carboxylic acids is 2. The molecule has 1 amide bonds. The van der Waals surface area contributed by atoms with Gasteiger partial charge >= 0.3 is 5.97 Å². The quantitative estimate of drug-likeness (QED) is 0.318. The first-order valence-corrected chi connectivity index (χ1v) is 9.37. The summed E-state index contributed by atoms with van der Waals surface area (Å²) in [7, 11) is 1.49. The van der Waals surface area contributed by atoms with E-state index in [1.807, 2.05) is 0 Å². The molecule has 1 heterocycles. The van der Waals surface area contributed by atoms with Gasteiger partial charge in [0.15, 0.2) is 11.6 Å². The fraction of sp³-hybridized carbons (Fsp3) is 0.143. The molecule has 2 aromatic carbocycles. The third kappa shape index (κ3) is 5.18. The molecule has 0 atom stereocenters. The molecular weight excluding hydrogens is 400 g/mol. The highest BCUT2D eigenvalue weighted by Crippen LogP contribution is 2.26. The molecule has 31 heavy (non-hydrogen) atoms. The number of anilines is 4. The Kier molecular flexibility index (Phi) is 6.84. The molecule has 0 unspecified atom stereocenters. The van der Waals surface area contributed by atoms with Crippen molar-refractivity contribution in [2.45, 2.75) is 6.92 Å². The Labute approximate surface area is 178 Å². The van der Waals surface area contributed by atoms with Gasteiger partial charge in [0.05, 0.1) is 24.8 Å². The molecule has 0 fully saturated rings. The smallest absolute Gasteiger partial charge is 0.338 e. The number of amides is 1. The van der Waals surface area contributed by atoms with Gasteiger partial charge < -0.3 is 20.5 Å². The number of aromatic nitrogens is 2. The van der Waals surface area contributed by atoms with Crippen LogP contribution in [0.3, 0.4) is 0 Å². The molecule has 0 aliphatic carbocycles. The van der Waals surface area contributed by atoms with Crippen LogP contribution < -0.4 is 26.6 Å². The molecule has 0 saturated carbocycles. The van der Waals surface area contributed by atoms with Gasteiger partial charge in [-0.2, -0.15) is 0 Å². The van der Waals surface area contributed by atoms with Crippen molar-refractivity contribution in [1.82, 2.24) is 15.4 Å². The maximum Gasteiger partial charge on any atom is 0.338 e. The van der Waals surface area contributed by atoms with Crippen LogP contribution in [-0.4, -0.2) is 35.6 Å². The summed E-state index contributed by atoms with van der Waals surface area (Å²) in [5.41, 5.74) is 13.0. The van der Waals surface area contributed by atoms with Gasteiger partial charge in [-0.05, 0) is 43.3 Å². The van der Waals surface area contributed by atoms with Crippen molar-refractivity contribution in [1.29, 1.82) is 0 Å². The number of para-hydroxylation sites is 1. The zero-order chi connectivity index (χ0) is 22.2. The van der Waals surface area contributed by atoms with Gasteiger partial charge in [-0.1, -0.05) is 12.1 Å². The minimum atomic E-state index is -0.417. The van der Waals surface area contributed by atoms with Crippen molar-refractivity contribution in [3.63, 3.8) is 0 Å². The summed E-state index contributed by atoms with van der Waals surface area (Å²) in [4.78, 5) is 32.4. The summed E-state index contributed by atoms with van der Waals surface area (Å²) in [6.07, 6.45) is 1.29. The number of nitrogens with two attached hydrogens (primary N) is 1. The van der Waals surface area contributed by atoms with E-state index in [9.17, 15) is 9.59 Å². The van der Waals surface area contributed by atoms with Crippen LogP contribution in [0.2, 0.25) is 0 Å². The zero-order valence-electron chi connectivity index (χ0n) is 17.0. The number of rotatable bonds is 8. The lowest BCUT2D eigenvalue weighted by Crippen LogP contribution is -2.30. The van der Waals surface area contributed by atoms with E-state index < -0.39 is 11.9 Å². The maximum atomic E-state index is 12.4. The summed E-state index contributed by atoms with van der Waals surface area (Å²) in [5, 5.41) is 3.05. The van der Waals surface area contributed by atoms with Crippen molar-refractivity contribution in [3.8, 4) is 5.75 Å². The van der Waals surface area contributed by atoms with Crippen LogP contribution >= 0.6 is 0 Å². The Morgan fingerprint density at radius 2 is 1.74 bits per heavy atom. The molecule has 3 aromatic rings. The van der Waals surface area contributed by atoms with Crippen LogP contribution in [0, 0.1) is 0 Å². The second-order valence-electron chi connectivity index (χ2n) is 6.19. The lowest BCUT2D eigenvalue weighted by Gasteiger charge is -2.14. The number of ether oxygens (including phenoxy) is 2. The van der Waals surface area contributed by atoms with E-state index in [1.54, 1.807) is 55.5 Å². The number of nitrogens with zero attached hydrogens (tertiary/aromatic N) is 2. The first-order valence-electron chi connectivity index (χ1n) is 9.37. The molecule has 0 saturated heterocycles. The standard InChI is InChI=1S/C21H22N6O4/c1-3-31-21(29)13-8-10-14(11-9-13)25-18-17(22)19(24-12-23-18)26-27-20(28)15-6-4-5-7-16(15)30-2/h4-12H,3,22H2,1-2H3,(H,27,28)(H2,23,24,25,26). The minimum Gasteiger partial charge on any atom is -0.496 e. The van der Waals surface area contributed by atoms with Crippen molar-refractivity contribution >= 4 is 34.9 Å². The predicted octanol–water partition coefficient (Wildman–Crippen LogP) is 2.74. The first-order chi connectivity index (χ1) is 15.0. The monoisotopic (exact) mass is 422 g/mol. The predicted molar refractivity (Wildman–Crippen MR) is 116 cm³/mol. The summed E-state index contributed by atoms with van der Waals surface area (Å²) in [5.74, 6) is 0.162. The number of hydrazine groups is 1. The van der Waals surface area contributed by atoms with Gasteiger partial charge in [0.25, 0.3) is 5.91 Å². The summed E-state index contributed by atoms with van der Waals surface area (Å²) in [6, 6.07) is 13.5. The second kappa shape index (κ2) is 9.92. The van der Waals surface area contributed by atoms with E-state index in [0.29, 0.717) is 35.0 Å². The van der Waals surface area contributed by atoms with Crippen molar-refractivity contribution in [3.05, 3.63) is 66.0 Å². The van der Waals surface area contributed by atoms with E-state index in [0.717, 1.165) is 0 Å². The van der Waals surface area contributed by atoms with Gasteiger partial charge in [-0.15, -0.1) is 0 Å². The number of hydrogen-bond donors (Lipinski definition) is 4. The molecule has 0 aliphatic heterocycles. The summed E-state index contributed by atoms with van der Waals surface area (Å²) < 4.78 is 10.1. The highest BCUT2D eigenvalue weighted by molar-refractivity contribution is 5.97. The fourth-order valence-corrected chi connectivity index (χ4v) is 2.65. The van der Waals surface area contributed by atoms with Crippen LogP contribution in [0.15, 0.2) is 54.9 Å². The minimum absolute atomic E-state index is 0.192. The normalized spacial score (nSPS) is 10.1. The molecule has 0 radical (unpaired) electrons. The number of hydrogen-bond acceptors (Lipinski definition) is 9. The average Bonchev–Trinajstić information content (AvgIpc) is 2.80. The van der Waals surface area contributed by atoms with Crippen LogP contribution in [0.5, 0.6) is 5.75 Å². The number of methoxy groups -OCH3 is 1. The molecule has 3 rings (SSSR count). The lowest BCUT2D eigenvalue weighted by atomic mass is 10.2. The highest BCUT2D eigenvalue weighted by atomic mass is 16.5. The largest absolute Gasteiger partial charge is 0.496 e. The lowest BCUT2D eigenvalue weighted by molar-refractivity contribution is 0.0526. The van der Waals surface area contributed by atoms with Crippen LogP contribution in [0.25, 0.3) is 0 Å². The SMILES string of the molecule is CCOC(=O)c1ccc(Nc2ncnc(NNC(=O)c3ccccc3OC)c2N)cc1. The Morgan fingerprint density at radius 3 is 2.45 bits per heavy atom. The van der Waals surface area contributed by atoms with E-state index in [-0.39, 0.29) is 11.5 Å². The van der Waals surface area contributed by atoms with Crippen LogP contribution in [0.1, 0.15) is 27.6 Å². The number of carbonyl (C=O) groups is 2. The molecule has 10 heteroatoms. The molecule has 0 aliphatic rings. The zero-order valence-corrected chi connectivity index (χ0v) is 17.0. The summed E-state index contributed by atoms with van der Waals surface area (Å²) >= 11 is 0. The maximum absolute atomic E-state index is 12.4. The Hall–Kier alpha value is -4.34. The second-order valence-corrected chi connectivity index (χ2v) is 6.19. The average molecular weight is 422 g/mol. The molecular formula is C21H22N6O4. The molecule has 1 aromatic heterocycles. The first kappa shape index (κ1) is 21.4. The van der Waals surface area contributed by atoms with Crippen LogP contribution in [-0.2, 0) is 4.74 Å². The highest BCUT2D eigenvalue weighted by Gasteiger charge is 2.14. The van der Waals surface area contributed by atoms with E-state index in [1.165, 1.54) is 13.4 Å². The third-order valence-electron chi connectivity index (χ3n) is 4.19. The van der Waals surface area contributed by atoms with Gasteiger partial charge in [0.2, 0.25) is 0 Å². The van der Waals surface area contributed by atoms with Gasteiger partial charge in [-0.25, -0.2) is 14.8 Å². The number of benzene rings is 2. The fourth-order valence-electron chi connectivity index (χ4n) is 2.65. The van der Waals surface area contributed by atoms with Gasteiger partial charge in [0, 0.05) is 5.69 Å². The molecule has 0 spiro atoms. The molecule has 160 valence electrons. The number of nitrogen functional groups attached to an aromatic ring is 1. The van der Waals surface area contributed by atoms with Gasteiger partial charge in [-0.3, -0.25) is 15.6 Å². The van der Waals surface area contributed by atoms with E-state index in [4.69, 9.17) is 15.2 Å². The Balaban J connectivity index is 1.69. The van der Waals surface area contributed by atoms with Crippen LogP contribution in [0.4, 0.5) is 23.0 Å². The van der Waals surface area contributed by atoms with E-state index >= 15 is 0 Å². The number of esters is 1. The van der Waals surface area contributed by atoms with E-state index in [2.05, 4.69) is 26.1 Å². The Bertz CT molecular complexity index is 1070. The van der Waals surface area contributed by atoms with Crippen molar-refractivity contribution < 1.29 is 19.1 Å².